The van der Waals surface area contributed by atoms with Gasteiger partial charge in [0.05, 0.1) is 11.1 Å². The number of Topliss-reactive ketones (excluding diaryl/α,β-unsaturated/α-hetero) is 1. The van der Waals surface area contributed by atoms with Crippen molar-refractivity contribution in [3.63, 3.8) is 0 Å². The summed E-state index contributed by atoms with van der Waals surface area (Å²) in [5.41, 5.74) is -0.588. The van der Waals surface area contributed by atoms with Gasteiger partial charge in [-0.1, -0.05) is 0 Å². The van der Waals surface area contributed by atoms with Crippen LogP contribution in [0.25, 0.3) is 0 Å². The molecule has 2 saturated heterocycles. The number of nitrogens with zero attached hydrogens (tertiary/aromatic N) is 2. The van der Waals surface area contributed by atoms with Gasteiger partial charge >= 0.3 is 0 Å². The summed E-state index contributed by atoms with van der Waals surface area (Å²) in [5.74, 6) is 0.326. The highest BCUT2D eigenvalue weighted by Crippen LogP contribution is 2.43. The molecule has 4 nitrogen and oxygen atoms in total. The van der Waals surface area contributed by atoms with Crippen LogP contribution in [-0.4, -0.2) is 38.1 Å². The second kappa shape index (κ2) is 5.29. The van der Waals surface area contributed by atoms with Crippen molar-refractivity contribution in [3.8, 4) is 0 Å². The van der Waals surface area contributed by atoms with E-state index >= 15 is 0 Å². The quantitative estimate of drug-likeness (QED) is 0.769. The Morgan fingerprint density at radius 1 is 0.727 bits per heavy atom. The summed E-state index contributed by atoms with van der Waals surface area (Å²) < 4.78 is 0. The molecule has 0 radical (unpaired) electrons. The highest BCUT2D eigenvalue weighted by Gasteiger charge is 2.51. The molecule has 0 atom stereocenters. The lowest BCUT2D eigenvalue weighted by molar-refractivity contribution is -0.438. The Balaban J connectivity index is 2.31. The number of ketones is 1. The third kappa shape index (κ3) is 3.24. The summed E-state index contributed by atoms with van der Waals surface area (Å²) in [5, 5.41) is 4.26. The Hall–Kier alpha value is -0.450. The van der Waals surface area contributed by atoms with E-state index in [-0.39, 0.29) is 22.2 Å². The van der Waals surface area contributed by atoms with Crippen molar-refractivity contribution in [2.45, 2.75) is 110 Å². The normalized spacial score (nSPS) is 31.2. The van der Waals surface area contributed by atoms with Crippen molar-refractivity contribution in [1.29, 1.82) is 0 Å². The Bertz CT molecular complexity index is 416. The number of hydrogen-bond acceptors (Lipinski definition) is 4. The highest BCUT2D eigenvalue weighted by atomic mass is 16.8. The van der Waals surface area contributed by atoms with Gasteiger partial charge in [-0.3, -0.25) is 4.79 Å². The van der Waals surface area contributed by atoms with Gasteiger partial charge in [0.1, 0.15) is 5.78 Å². The SMILES string of the molecule is CC1(C)CCCC(C)(C)N1ON1C(C)(C)CC(=O)CC1(C)C. The van der Waals surface area contributed by atoms with Crippen LogP contribution in [0.3, 0.4) is 0 Å². The maximum atomic E-state index is 12.1. The summed E-state index contributed by atoms with van der Waals surface area (Å²) >= 11 is 0. The molecule has 128 valence electrons. The number of hydrogen-bond donors (Lipinski definition) is 0. The Morgan fingerprint density at radius 3 is 1.50 bits per heavy atom. The summed E-state index contributed by atoms with van der Waals surface area (Å²) in [6.45, 7) is 17.4. The molecule has 22 heavy (non-hydrogen) atoms. The fraction of sp³-hybridized carbons (Fsp3) is 0.944. The summed E-state index contributed by atoms with van der Waals surface area (Å²) in [4.78, 5) is 18.6. The van der Waals surface area contributed by atoms with E-state index in [4.69, 9.17) is 4.94 Å². The molecule has 0 unspecified atom stereocenters. The molecule has 0 bridgehead atoms. The predicted molar refractivity (Wildman–Crippen MR) is 89.2 cm³/mol. The second-order valence-electron chi connectivity index (χ2n) is 9.67. The van der Waals surface area contributed by atoms with Gasteiger partial charge in [0.2, 0.25) is 0 Å². The van der Waals surface area contributed by atoms with Gasteiger partial charge in [0, 0.05) is 23.9 Å². The molecular weight excluding hydrogens is 276 g/mol. The standard InChI is InChI=1S/C18H34N2O2/c1-15(2)10-9-11-16(3,4)19(15)22-20-17(5,6)12-14(21)13-18(20,7)8/h9-13H2,1-8H3. The molecule has 0 aromatic carbocycles. The summed E-state index contributed by atoms with van der Waals surface area (Å²) in [7, 11) is 0. The van der Waals surface area contributed by atoms with Gasteiger partial charge in [-0.2, -0.15) is 10.1 Å². The van der Waals surface area contributed by atoms with Gasteiger partial charge in [0.15, 0.2) is 0 Å². The maximum absolute atomic E-state index is 12.1. The van der Waals surface area contributed by atoms with E-state index in [1.807, 2.05) is 0 Å². The Kier molecular flexibility index (Phi) is 4.30. The molecule has 0 saturated carbocycles. The zero-order valence-electron chi connectivity index (χ0n) is 15.7. The minimum absolute atomic E-state index is 0.00460. The first-order valence-corrected chi connectivity index (χ1v) is 8.59. The molecule has 0 amide bonds. The van der Waals surface area contributed by atoms with Gasteiger partial charge in [0.25, 0.3) is 0 Å². The van der Waals surface area contributed by atoms with Crippen molar-refractivity contribution >= 4 is 5.78 Å². The molecule has 0 aromatic rings. The number of rotatable bonds is 2. The maximum Gasteiger partial charge on any atom is 0.136 e. The lowest BCUT2D eigenvalue weighted by atomic mass is 9.81. The van der Waals surface area contributed by atoms with Crippen molar-refractivity contribution in [2.24, 2.45) is 0 Å². The van der Waals surface area contributed by atoms with E-state index in [0.717, 1.165) is 12.8 Å². The van der Waals surface area contributed by atoms with Gasteiger partial charge in [-0.05, 0) is 74.7 Å². The van der Waals surface area contributed by atoms with Crippen LogP contribution < -0.4 is 0 Å². The van der Waals surface area contributed by atoms with Crippen LogP contribution in [0.2, 0.25) is 0 Å². The van der Waals surface area contributed by atoms with Crippen molar-refractivity contribution < 1.29 is 9.73 Å². The zero-order chi connectivity index (χ0) is 17.0. The van der Waals surface area contributed by atoms with E-state index in [9.17, 15) is 4.79 Å². The largest absolute Gasteiger partial charge is 0.300 e. The van der Waals surface area contributed by atoms with Crippen LogP contribution >= 0.6 is 0 Å². The van der Waals surface area contributed by atoms with Crippen LogP contribution in [0.4, 0.5) is 0 Å². The van der Waals surface area contributed by atoms with E-state index in [2.05, 4.69) is 65.5 Å². The average Bonchev–Trinajstić information content (AvgIpc) is 2.21. The third-order valence-corrected chi connectivity index (χ3v) is 5.20. The zero-order valence-corrected chi connectivity index (χ0v) is 15.7. The molecule has 0 aliphatic carbocycles. The van der Waals surface area contributed by atoms with Crippen LogP contribution in [-0.2, 0) is 9.73 Å². The van der Waals surface area contributed by atoms with Crippen LogP contribution in [0.1, 0.15) is 87.5 Å². The summed E-state index contributed by atoms with van der Waals surface area (Å²) in [6, 6.07) is 0. The molecule has 2 rings (SSSR count). The molecule has 2 aliphatic rings. The fourth-order valence-corrected chi connectivity index (χ4v) is 4.49. The molecule has 2 aliphatic heterocycles. The molecule has 0 spiro atoms. The fourth-order valence-electron chi connectivity index (χ4n) is 4.49. The number of piperidine rings is 2. The minimum atomic E-state index is -0.289. The number of carbonyl (C=O) groups is 1. The predicted octanol–water partition coefficient (Wildman–Crippen LogP) is 4.10. The van der Waals surface area contributed by atoms with Crippen molar-refractivity contribution in [3.05, 3.63) is 0 Å². The molecule has 4 heteroatoms. The minimum Gasteiger partial charge on any atom is -0.300 e. The monoisotopic (exact) mass is 310 g/mol. The lowest BCUT2D eigenvalue weighted by Crippen LogP contribution is -2.67. The van der Waals surface area contributed by atoms with Gasteiger partial charge in [-0.15, -0.1) is 0 Å². The second-order valence-corrected chi connectivity index (χ2v) is 9.67. The van der Waals surface area contributed by atoms with Gasteiger partial charge in [-0.25, -0.2) is 4.94 Å². The Labute approximate surface area is 136 Å². The van der Waals surface area contributed by atoms with Gasteiger partial charge < -0.3 is 0 Å². The number of carbonyl (C=O) groups excluding carboxylic acids is 1. The highest BCUT2D eigenvalue weighted by molar-refractivity contribution is 5.81. The average molecular weight is 310 g/mol. The van der Waals surface area contributed by atoms with Crippen molar-refractivity contribution in [1.82, 2.24) is 10.1 Å². The molecule has 0 aromatic heterocycles. The smallest absolute Gasteiger partial charge is 0.136 e. The first kappa shape index (κ1) is 17.9. The molecule has 2 fully saturated rings. The third-order valence-electron chi connectivity index (χ3n) is 5.20. The number of hydroxylamine groups is 4. The van der Waals surface area contributed by atoms with E-state index in [0.29, 0.717) is 18.6 Å². The van der Waals surface area contributed by atoms with E-state index in [1.165, 1.54) is 6.42 Å². The van der Waals surface area contributed by atoms with E-state index < -0.39 is 0 Å². The topological polar surface area (TPSA) is 32.8 Å². The molecular formula is C18H34N2O2. The lowest BCUT2D eigenvalue weighted by Gasteiger charge is -2.57. The summed E-state index contributed by atoms with van der Waals surface area (Å²) in [6.07, 6.45) is 4.58. The first-order chi connectivity index (χ1) is 9.78. The van der Waals surface area contributed by atoms with Crippen molar-refractivity contribution in [2.75, 3.05) is 0 Å². The first-order valence-electron chi connectivity index (χ1n) is 8.59. The van der Waals surface area contributed by atoms with Crippen LogP contribution in [0.15, 0.2) is 0 Å². The molecule has 0 N–H and O–H groups in total. The van der Waals surface area contributed by atoms with Crippen LogP contribution in [0, 0.1) is 0 Å². The molecule has 2 heterocycles. The van der Waals surface area contributed by atoms with Crippen LogP contribution in [0.5, 0.6) is 0 Å². The Morgan fingerprint density at radius 2 is 1.09 bits per heavy atom. The van der Waals surface area contributed by atoms with E-state index in [1.54, 1.807) is 0 Å².